The molecule has 124 valence electrons. The summed E-state index contributed by atoms with van der Waals surface area (Å²) in [5.74, 6) is -0.953. The van der Waals surface area contributed by atoms with Crippen LogP contribution in [-0.4, -0.2) is 29.8 Å². The number of aryl methyl sites for hydroxylation is 2. The summed E-state index contributed by atoms with van der Waals surface area (Å²) in [7, 11) is 0. The van der Waals surface area contributed by atoms with E-state index in [2.05, 4.69) is 0 Å². The molecule has 0 bridgehead atoms. The predicted molar refractivity (Wildman–Crippen MR) is 95.1 cm³/mol. The Morgan fingerprint density at radius 2 is 1.75 bits per heavy atom. The van der Waals surface area contributed by atoms with Gasteiger partial charge in [-0.1, -0.05) is 29.8 Å². The molecule has 0 N–H and O–H groups in total. The van der Waals surface area contributed by atoms with Crippen LogP contribution in [-0.2, 0) is 16.1 Å². The van der Waals surface area contributed by atoms with Crippen molar-refractivity contribution < 1.29 is 9.59 Å². The van der Waals surface area contributed by atoms with Crippen molar-refractivity contribution in [2.45, 2.75) is 20.4 Å². The Bertz CT molecular complexity index is 804. The lowest BCUT2D eigenvalue weighted by atomic mass is 10.1. The molecule has 0 unspecified atom stereocenters. The molecule has 0 aliphatic carbocycles. The van der Waals surface area contributed by atoms with E-state index in [0.717, 1.165) is 22.4 Å². The summed E-state index contributed by atoms with van der Waals surface area (Å²) in [4.78, 5) is 28.1. The average molecular weight is 343 g/mol. The van der Waals surface area contributed by atoms with Gasteiger partial charge in [0.05, 0.1) is 0 Å². The van der Waals surface area contributed by atoms with Gasteiger partial charge >= 0.3 is 11.8 Å². The van der Waals surface area contributed by atoms with Crippen molar-refractivity contribution in [1.82, 2.24) is 4.90 Å². The molecule has 1 aliphatic rings. The summed E-state index contributed by atoms with van der Waals surface area (Å²) in [6.07, 6.45) is 0. The third kappa shape index (κ3) is 3.29. The molecule has 0 saturated carbocycles. The maximum atomic E-state index is 12.5. The van der Waals surface area contributed by atoms with Crippen LogP contribution in [0.1, 0.15) is 16.7 Å². The largest absolute Gasteiger partial charge is 0.328 e. The van der Waals surface area contributed by atoms with E-state index in [1.54, 1.807) is 15.9 Å². The lowest BCUT2D eigenvalue weighted by Gasteiger charge is -2.34. The molecule has 4 nitrogen and oxygen atoms in total. The van der Waals surface area contributed by atoms with Crippen LogP contribution in [0.3, 0.4) is 0 Å². The van der Waals surface area contributed by atoms with Gasteiger partial charge in [0.1, 0.15) is 0 Å². The first-order valence-electron chi connectivity index (χ1n) is 7.88. The highest BCUT2D eigenvalue weighted by Crippen LogP contribution is 2.22. The Morgan fingerprint density at radius 1 is 0.958 bits per heavy atom. The zero-order valence-electron chi connectivity index (χ0n) is 13.8. The highest BCUT2D eigenvalue weighted by atomic mass is 35.5. The minimum absolute atomic E-state index is 0.395. The predicted octanol–water partition coefficient (Wildman–Crippen LogP) is 3.33. The number of benzene rings is 2. The molecular formula is C19H19ClN2O2. The third-order valence-electron chi connectivity index (χ3n) is 4.37. The number of nitrogens with zero attached hydrogens (tertiary/aromatic N) is 2. The molecule has 0 radical (unpaired) electrons. The van der Waals surface area contributed by atoms with Crippen molar-refractivity contribution in [3.8, 4) is 0 Å². The number of carbonyl (C=O) groups is 2. The van der Waals surface area contributed by atoms with Gasteiger partial charge in [-0.25, -0.2) is 0 Å². The van der Waals surface area contributed by atoms with Crippen molar-refractivity contribution >= 4 is 29.1 Å². The van der Waals surface area contributed by atoms with Crippen molar-refractivity contribution in [1.29, 1.82) is 0 Å². The summed E-state index contributed by atoms with van der Waals surface area (Å²) in [6, 6.07) is 13.2. The van der Waals surface area contributed by atoms with E-state index in [4.69, 9.17) is 11.6 Å². The molecule has 1 saturated heterocycles. The van der Waals surface area contributed by atoms with E-state index in [1.165, 1.54) is 0 Å². The highest BCUT2D eigenvalue weighted by Gasteiger charge is 2.33. The fourth-order valence-electron chi connectivity index (χ4n) is 2.82. The minimum Gasteiger partial charge on any atom is -0.328 e. The molecule has 5 heteroatoms. The number of anilines is 1. The van der Waals surface area contributed by atoms with E-state index in [0.29, 0.717) is 24.7 Å². The van der Waals surface area contributed by atoms with Crippen molar-refractivity contribution in [2.75, 3.05) is 18.0 Å². The second kappa shape index (κ2) is 6.65. The second-order valence-corrected chi connectivity index (χ2v) is 6.52. The Labute approximate surface area is 146 Å². The van der Waals surface area contributed by atoms with Gasteiger partial charge in [-0.15, -0.1) is 0 Å². The number of rotatable bonds is 3. The fourth-order valence-corrected chi connectivity index (χ4v) is 3.03. The SMILES string of the molecule is Cc1ccc(N2CCN(Cc3cccc(Cl)c3)C(=O)C2=O)cc1C. The molecule has 2 amide bonds. The number of piperazine rings is 1. The Kier molecular flexibility index (Phi) is 4.58. The van der Waals surface area contributed by atoms with E-state index in [-0.39, 0.29) is 0 Å². The Hall–Kier alpha value is -2.33. The van der Waals surface area contributed by atoms with Gasteiger partial charge in [-0.3, -0.25) is 9.59 Å². The van der Waals surface area contributed by atoms with Gasteiger partial charge in [0.25, 0.3) is 0 Å². The third-order valence-corrected chi connectivity index (χ3v) is 4.61. The van der Waals surface area contributed by atoms with Gasteiger partial charge in [0.15, 0.2) is 0 Å². The summed E-state index contributed by atoms with van der Waals surface area (Å²) in [5.41, 5.74) is 3.97. The van der Waals surface area contributed by atoms with Gasteiger partial charge in [0, 0.05) is 30.3 Å². The minimum atomic E-state index is -0.480. The number of carbonyl (C=O) groups excluding carboxylic acids is 2. The zero-order chi connectivity index (χ0) is 17.3. The molecule has 0 spiro atoms. The van der Waals surface area contributed by atoms with Gasteiger partial charge in [-0.05, 0) is 54.8 Å². The molecule has 3 rings (SSSR count). The second-order valence-electron chi connectivity index (χ2n) is 6.08. The van der Waals surface area contributed by atoms with Crippen molar-refractivity contribution in [3.05, 3.63) is 64.2 Å². The first-order chi connectivity index (χ1) is 11.5. The monoisotopic (exact) mass is 342 g/mol. The van der Waals surface area contributed by atoms with Crippen LogP contribution in [0.5, 0.6) is 0 Å². The summed E-state index contributed by atoms with van der Waals surface area (Å²) >= 11 is 5.98. The van der Waals surface area contributed by atoms with Crippen LogP contribution in [0.25, 0.3) is 0 Å². The molecule has 1 heterocycles. The maximum Gasteiger partial charge on any atom is 0.316 e. The Balaban J connectivity index is 1.76. The van der Waals surface area contributed by atoms with E-state index in [1.807, 2.05) is 50.2 Å². The molecule has 2 aromatic carbocycles. The quantitative estimate of drug-likeness (QED) is 0.803. The van der Waals surface area contributed by atoms with Crippen LogP contribution >= 0.6 is 11.6 Å². The maximum absolute atomic E-state index is 12.5. The summed E-state index contributed by atoms with van der Waals surface area (Å²) in [6.45, 7) is 5.42. The first kappa shape index (κ1) is 16.5. The van der Waals surface area contributed by atoms with E-state index >= 15 is 0 Å². The van der Waals surface area contributed by atoms with Crippen molar-refractivity contribution in [2.24, 2.45) is 0 Å². The zero-order valence-corrected chi connectivity index (χ0v) is 14.5. The molecule has 24 heavy (non-hydrogen) atoms. The number of halogens is 1. The normalized spacial score (nSPS) is 15.1. The first-order valence-corrected chi connectivity index (χ1v) is 8.26. The lowest BCUT2D eigenvalue weighted by molar-refractivity contribution is -0.146. The van der Waals surface area contributed by atoms with Crippen LogP contribution in [0, 0.1) is 13.8 Å². The molecule has 0 aromatic heterocycles. The van der Waals surface area contributed by atoms with Gasteiger partial charge < -0.3 is 9.80 Å². The lowest BCUT2D eigenvalue weighted by Crippen LogP contribution is -2.54. The molecule has 0 atom stereocenters. The number of amides is 2. The Morgan fingerprint density at radius 3 is 2.46 bits per heavy atom. The van der Waals surface area contributed by atoms with Crippen LogP contribution in [0.15, 0.2) is 42.5 Å². The topological polar surface area (TPSA) is 40.6 Å². The molecule has 1 aliphatic heterocycles. The van der Waals surface area contributed by atoms with Crippen LogP contribution in [0.4, 0.5) is 5.69 Å². The van der Waals surface area contributed by atoms with E-state index in [9.17, 15) is 9.59 Å². The van der Waals surface area contributed by atoms with E-state index < -0.39 is 11.8 Å². The van der Waals surface area contributed by atoms with Crippen LogP contribution in [0.2, 0.25) is 5.02 Å². The smallest absolute Gasteiger partial charge is 0.316 e. The van der Waals surface area contributed by atoms with Gasteiger partial charge in [-0.2, -0.15) is 0 Å². The fraction of sp³-hybridized carbons (Fsp3) is 0.263. The van der Waals surface area contributed by atoms with Crippen molar-refractivity contribution in [3.63, 3.8) is 0 Å². The summed E-state index contributed by atoms with van der Waals surface area (Å²) in [5, 5.41) is 0.625. The highest BCUT2D eigenvalue weighted by molar-refractivity contribution is 6.41. The molecule has 2 aromatic rings. The molecule has 1 fully saturated rings. The molecular weight excluding hydrogens is 324 g/mol. The summed E-state index contributed by atoms with van der Waals surface area (Å²) < 4.78 is 0. The standard InChI is InChI=1S/C19H19ClN2O2/c1-13-6-7-17(10-14(13)2)22-9-8-21(18(23)19(22)24)12-15-4-3-5-16(20)11-15/h3-7,10-11H,8-9,12H2,1-2H3. The van der Waals surface area contributed by atoms with Crippen LogP contribution < -0.4 is 4.90 Å². The van der Waals surface area contributed by atoms with Gasteiger partial charge in [0.2, 0.25) is 0 Å². The number of hydrogen-bond donors (Lipinski definition) is 0. The average Bonchev–Trinajstić information content (AvgIpc) is 2.55. The number of hydrogen-bond acceptors (Lipinski definition) is 2.